The lowest BCUT2D eigenvalue weighted by Gasteiger charge is -2.47. The third-order valence-corrected chi connectivity index (χ3v) is 7.89. The molecule has 5 nitrogen and oxygen atoms in total. The first kappa shape index (κ1) is 19.2. The maximum atomic E-state index is 13.2. The minimum atomic E-state index is -3.51. The molecule has 28 heavy (non-hydrogen) atoms. The van der Waals surface area contributed by atoms with E-state index in [1.165, 1.54) is 0 Å². The van der Waals surface area contributed by atoms with Crippen LogP contribution in [-0.2, 0) is 10.0 Å². The van der Waals surface area contributed by atoms with E-state index in [2.05, 4.69) is 5.32 Å². The maximum Gasteiger partial charge on any atom is 0.251 e. The summed E-state index contributed by atoms with van der Waals surface area (Å²) in [6, 6.07) is 16.1. The number of nitrogens with zero attached hydrogens (tertiary/aromatic N) is 1. The van der Waals surface area contributed by atoms with E-state index in [1.54, 1.807) is 28.6 Å². The molecule has 2 aliphatic heterocycles. The highest BCUT2D eigenvalue weighted by Crippen LogP contribution is 2.38. The molecule has 2 fully saturated rings. The number of aryl methyl sites for hydroxylation is 1. The molecule has 1 amide bonds. The summed E-state index contributed by atoms with van der Waals surface area (Å²) >= 11 is 0. The van der Waals surface area contributed by atoms with Crippen LogP contribution < -0.4 is 5.32 Å². The van der Waals surface area contributed by atoms with Crippen molar-refractivity contribution < 1.29 is 13.2 Å². The fraction of sp³-hybridized carbons (Fsp3) is 0.409. The van der Waals surface area contributed by atoms with Gasteiger partial charge in [-0.2, -0.15) is 4.31 Å². The second-order valence-electron chi connectivity index (χ2n) is 7.89. The van der Waals surface area contributed by atoms with Crippen molar-refractivity contribution >= 4 is 15.9 Å². The molecule has 2 aliphatic rings. The topological polar surface area (TPSA) is 66.5 Å². The van der Waals surface area contributed by atoms with E-state index in [9.17, 15) is 13.2 Å². The molecule has 0 aromatic heterocycles. The van der Waals surface area contributed by atoms with Crippen LogP contribution in [0.2, 0.25) is 0 Å². The molecule has 2 atom stereocenters. The number of rotatable bonds is 4. The Balaban J connectivity index is 1.51. The molecular weight excluding hydrogens is 372 g/mol. The van der Waals surface area contributed by atoms with Gasteiger partial charge in [0.2, 0.25) is 10.0 Å². The zero-order valence-electron chi connectivity index (χ0n) is 16.0. The van der Waals surface area contributed by atoms with E-state index in [0.717, 1.165) is 24.8 Å². The fourth-order valence-corrected chi connectivity index (χ4v) is 6.45. The lowest BCUT2D eigenvalue weighted by Crippen LogP contribution is -2.58. The zero-order chi connectivity index (χ0) is 19.7. The first-order valence-corrected chi connectivity index (χ1v) is 11.4. The summed E-state index contributed by atoms with van der Waals surface area (Å²) in [7, 11) is -3.51. The number of nitrogens with one attached hydrogen (secondary N) is 1. The first-order chi connectivity index (χ1) is 13.4. The van der Waals surface area contributed by atoms with Gasteiger partial charge in [-0.3, -0.25) is 4.79 Å². The van der Waals surface area contributed by atoms with Crippen molar-refractivity contribution in [3.63, 3.8) is 0 Å². The SMILES string of the molecule is Cc1ccc(C(=O)NC2C[C@H]3CCC[C@H](C2)N3S(=O)(=O)c2ccccc2)cc1. The van der Waals surface area contributed by atoms with Crippen molar-refractivity contribution in [1.82, 2.24) is 9.62 Å². The molecule has 2 saturated heterocycles. The van der Waals surface area contributed by atoms with Crippen LogP contribution >= 0.6 is 0 Å². The van der Waals surface area contributed by atoms with Gasteiger partial charge < -0.3 is 5.32 Å². The van der Waals surface area contributed by atoms with Crippen molar-refractivity contribution in [2.24, 2.45) is 0 Å². The van der Waals surface area contributed by atoms with Gasteiger partial charge in [0, 0.05) is 23.7 Å². The second-order valence-corrected chi connectivity index (χ2v) is 9.74. The molecular formula is C22H26N2O3S. The third kappa shape index (κ3) is 3.71. The van der Waals surface area contributed by atoms with Crippen LogP contribution in [0.1, 0.15) is 48.0 Å². The molecule has 0 saturated carbocycles. The number of hydrogen-bond acceptors (Lipinski definition) is 3. The number of carbonyl (C=O) groups excluding carboxylic acids is 1. The predicted molar refractivity (Wildman–Crippen MR) is 109 cm³/mol. The Morgan fingerprint density at radius 3 is 2.18 bits per heavy atom. The number of amides is 1. The van der Waals surface area contributed by atoms with Crippen LogP contribution in [-0.4, -0.2) is 36.8 Å². The van der Waals surface area contributed by atoms with Gasteiger partial charge in [-0.05, 0) is 56.9 Å². The predicted octanol–water partition coefficient (Wildman–Crippen LogP) is 3.50. The van der Waals surface area contributed by atoms with Gasteiger partial charge in [-0.15, -0.1) is 0 Å². The average molecular weight is 399 g/mol. The maximum absolute atomic E-state index is 13.2. The highest BCUT2D eigenvalue weighted by molar-refractivity contribution is 7.89. The summed E-state index contributed by atoms with van der Waals surface area (Å²) in [5.74, 6) is -0.0811. The van der Waals surface area contributed by atoms with Crippen LogP contribution in [0.5, 0.6) is 0 Å². The van der Waals surface area contributed by atoms with Gasteiger partial charge in [0.05, 0.1) is 4.90 Å². The first-order valence-electron chi connectivity index (χ1n) is 9.91. The van der Waals surface area contributed by atoms with Crippen LogP contribution in [0.25, 0.3) is 0 Å². The molecule has 6 heteroatoms. The van der Waals surface area contributed by atoms with E-state index < -0.39 is 10.0 Å². The van der Waals surface area contributed by atoms with Crippen LogP contribution in [0, 0.1) is 6.92 Å². The number of piperidine rings is 2. The minimum Gasteiger partial charge on any atom is -0.349 e. The third-order valence-electron chi connectivity index (χ3n) is 5.88. The molecule has 2 aromatic rings. The lowest BCUT2D eigenvalue weighted by atomic mass is 9.84. The molecule has 0 aliphatic carbocycles. The normalized spacial score (nSPS) is 25.2. The smallest absolute Gasteiger partial charge is 0.251 e. The lowest BCUT2D eigenvalue weighted by molar-refractivity contribution is 0.0796. The summed E-state index contributed by atoms with van der Waals surface area (Å²) in [5.41, 5.74) is 1.76. The van der Waals surface area contributed by atoms with Crippen molar-refractivity contribution in [2.75, 3.05) is 0 Å². The van der Waals surface area contributed by atoms with Gasteiger partial charge in [0.15, 0.2) is 0 Å². The van der Waals surface area contributed by atoms with Gasteiger partial charge in [-0.1, -0.05) is 42.3 Å². The number of benzene rings is 2. The molecule has 0 unspecified atom stereocenters. The van der Waals surface area contributed by atoms with Crippen LogP contribution in [0.4, 0.5) is 0 Å². The summed E-state index contributed by atoms with van der Waals surface area (Å²) in [6.45, 7) is 1.99. The Hall–Kier alpha value is -2.18. The van der Waals surface area contributed by atoms with Crippen LogP contribution in [0.3, 0.4) is 0 Å². The van der Waals surface area contributed by atoms with Gasteiger partial charge in [-0.25, -0.2) is 8.42 Å². The Bertz CT molecular complexity index is 928. The second kappa shape index (κ2) is 7.68. The van der Waals surface area contributed by atoms with E-state index >= 15 is 0 Å². The quantitative estimate of drug-likeness (QED) is 0.857. The molecule has 4 rings (SSSR count). The van der Waals surface area contributed by atoms with Gasteiger partial charge >= 0.3 is 0 Å². The number of sulfonamides is 1. The molecule has 2 heterocycles. The molecule has 0 spiro atoms. The zero-order valence-corrected chi connectivity index (χ0v) is 16.9. The van der Waals surface area contributed by atoms with Crippen molar-refractivity contribution in [3.8, 4) is 0 Å². The van der Waals surface area contributed by atoms with Gasteiger partial charge in [0.1, 0.15) is 0 Å². The van der Waals surface area contributed by atoms with Crippen molar-refractivity contribution in [2.45, 2.75) is 62.0 Å². The minimum absolute atomic E-state index is 0.00586. The monoisotopic (exact) mass is 398 g/mol. The molecule has 1 N–H and O–H groups in total. The number of hydrogen-bond donors (Lipinski definition) is 1. The summed E-state index contributed by atoms with van der Waals surface area (Å²) in [5, 5.41) is 3.13. The number of carbonyl (C=O) groups is 1. The highest BCUT2D eigenvalue weighted by Gasteiger charge is 2.45. The highest BCUT2D eigenvalue weighted by atomic mass is 32.2. The van der Waals surface area contributed by atoms with Crippen LogP contribution in [0.15, 0.2) is 59.5 Å². The van der Waals surface area contributed by atoms with Gasteiger partial charge in [0.25, 0.3) is 5.91 Å². The molecule has 2 bridgehead atoms. The van der Waals surface area contributed by atoms with E-state index in [-0.39, 0.29) is 24.0 Å². The van der Waals surface area contributed by atoms with E-state index in [4.69, 9.17) is 0 Å². The summed E-state index contributed by atoms with van der Waals surface area (Å²) in [4.78, 5) is 13.0. The Morgan fingerprint density at radius 1 is 0.964 bits per heavy atom. The Labute approximate surface area is 166 Å². The Morgan fingerprint density at radius 2 is 1.57 bits per heavy atom. The molecule has 2 aromatic carbocycles. The fourth-order valence-electron chi connectivity index (χ4n) is 4.54. The van der Waals surface area contributed by atoms with E-state index in [0.29, 0.717) is 23.3 Å². The summed E-state index contributed by atoms with van der Waals surface area (Å²) in [6.07, 6.45) is 4.06. The summed E-state index contributed by atoms with van der Waals surface area (Å²) < 4.78 is 28.2. The molecule has 0 radical (unpaired) electrons. The standard InChI is InChI=1S/C22H26N2O3S/c1-16-10-12-17(13-11-16)22(25)23-18-14-19-6-5-7-20(15-18)24(19)28(26,27)21-8-3-2-4-9-21/h2-4,8-13,18-20H,5-7,14-15H2,1H3,(H,23,25)/t19-,20-/m1/s1. The van der Waals surface area contributed by atoms with E-state index in [1.807, 2.05) is 37.3 Å². The Kier molecular flexibility index (Phi) is 5.25. The van der Waals surface area contributed by atoms with Crippen molar-refractivity contribution in [1.29, 1.82) is 0 Å². The van der Waals surface area contributed by atoms with Crippen molar-refractivity contribution in [3.05, 3.63) is 65.7 Å². The largest absolute Gasteiger partial charge is 0.349 e. The molecule has 148 valence electrons. The average Bonchev–Trinajstić information content (AvgIpc) is 2.68. The number of fused-ring (bicyclic) bond motifs is 2.